The van der Waals surface area contributed by atoms with Crippen LogP contribution in [0.5, 0.6) is 0 Å². The molecule has 0 saturated carbocycles. The van der Waals surface area contributed by atoms with E-state index in [1.165, 1.54) is 11.1 Å². The molecule has 1 aromatic heterocycles. The molecule has 0 unspecified atom stereocenters. The second-order valence-electron chi connectivity index (χ2n) is 2.22. The average molecular weight is 120 g/mol. The molecule has 0 atom stereocenters. The quantitative estimate of drug-likeness (QED) is 0.529. The van der Waals surface area contributed by atoms with Crippen molar-refractivity contribution in [3.8, 4) is 0 Å². The number of aromatic nitrogens is 1. The van der Waals surface area contributed by atoms with Crippen LogP contribution in [0.2, 0.25) is 0 Å². The van der Waals surface area contributed by atoms with Crippen molar-refractivity contribution in [2.45, 2.75) is 6.42 Å². The van der Waals surface area contributed by atoms with Crippen molar-refractivity contribution in [1.82, 2.24) is 4.98 Å². The summed E-state index contributed by atoms with van der Waals surface area (Å²) in [5.74, 6) is 0. The first kappa shape index (κ1) is 4.79. The lowest BCUT2D eigenvalue weighted by Gasteiger charge is -2.00. The van der Waals surface area contributed by atoms with Crippen LogP contribution in [-0.2, 0) is 6.42 Å². The number of H-pyrrole nitrogens is 1. The van der Waals surface area contributed by atoms with Gasteiger partial charge in [0.2, 0.25) is 0 Å². The van der Waals surface area contributed by atoms with Crippen molar-refractivity contribution in [3.05, 3.63) is 23.5 Å². The van der Waals surface area contributed by atoms with E-state index in [2.05, 4.69) is 9.98 Å². The van der Waals surface area contributed by atoms with E-state index < -0.39 is 0 Å². The number of hydrogen-bond donors (Lipinski definition) is 1. The van der Waals surface area contributed by atoms with Crippen LogP contribution >= 0.6 is 0 Å². The first-order valence-corrected chi connectivity index (χ1v) is 3.12. The number of nitrogens with zero attached hydrogens (tertiary/aromatic N) is 1. The molecule has 1 N–H and O–H groups in total. The largest absolute Gasteiger partial charge is 0.367 e. The molecule has 0 amide bonds. The predicted molar refractivity (Wildman–Crippen MR) is 37.0 cm³/mol. The maximum Gasteiger partial charge on any atom is 0.0430 e. The molecule has 0 aromatic carbocycles. The molecule has 2 nitrogen and oxygen atoms in total. The molecule has 1 aliphatic heterocycles. The monoisotopic (exact) mass is 120 g/mol. The highest BCUT2D eigenvalue weighted by molar-refractivity contribution is 5.82. The van der Waals surface area contributed by atoms with Gasteiger partial charge >= 0.3 is 0 Å². The van der Waals surface area contributed by atoms with Crippen LogP contribution in [0.1, 0.15) is 11.1 Å². The van der Waals surface area contributed by atoms with Gasteiger partial charge in [-0.05, 0) is 12.0 Å². The molecule has 2 heteroatoms. The lowest BCUT2D eigenvalue weighted by molar-refractivity contribution is 0.957. The average Bonchev–Trinajstić information content (AvgIpc) is 2.33. The second-order valence-corrected chi connectivity index (χ2v) is 2.22. The number of fused-ring (bicyclic) bond motifs is 1. The molecule has 0 radical (unpaired) electrons. The van der Waals surface area contributed by atoms with Crippen molar-refractivity contribution < 1.29 is 0 Å². The minimum Gasteiger partial charge on any atom is -0.367 e. The van der Waals surface area contributed by atoms with Gasteiger partial charge in [0.1, 0.15) is 0 Å². The zero-order valence-electron chi connectivity index (χ0n) is 5.09. The van der Waals surface area contributed by atoms with Gasteiger partial charge in [0.15, 0.2) is 0 Å². The summed E-state index contributed by atoms with van der Waals surface area (Å²) in [7, 11) is 0. The normalized spacial score (nSPS) is 15.6. The molecule has 0 bridgehead atoms. The molecule has 0 aliphatic carbocycles. The van der Waals surface area contributed by atoms with Gasteiger partial charge in [-0.2, -0.15) is 0 Å². The standard InChI is InChI=1S/C7H8N2/c1-2-8-4-7-5-9-3-6(1)7/h3-5,9H,1-2H2. The van der Waals surface area contributed by atoms with Gasteiger partial charge in [-0.1, -0.05) is 0 Å². The van der Waals surface area contributed by atoms with Gasteiger partial charge in [-0.3, -0.25) is 4.99 Å². The van der Waals surface area contributed by atoms with Crippen LogP contribution in [0.4, 0.5) is 0 Å². The van der Waals surface area contributed by atoms with Gasteiger partial charge in [-0.25, -0.2) is 0 Å². The van der Waals surface area contributed by atoms with E-state index in [9.17, 15) is 0 Å². The Bertz CT molecular complexity index is 235. The number of rotatable bonds is 0. The fourth-order valence-corrected chi connectivity index (χ4v) is 1.09. The summed E-state index contributed by atoms with van der Waals surface area (Å²) in [6.45, 7) is 0.949. The van der Waals surface area contributed by atoms with Crippen molar-refractivity contribution in [2.24, 2.45) is 4.99 Å². The van der Waals surface area contributed by atoms with E-state index in [0.717, 1.165) is 13.0 Å². The molecule has 2 heterocycles. The number of nitrogens with one attached hydrogen (secondary N) is 1. The Morgan fingerprint density at radius 3 is 3.33 bits per heavy atom. The van der Waals surface area contributed by atoms with Crippen LogP contribution in [0.15, 0.2) is 17.4 Å². The minimum atomic E-state index is 0.949. The van der Waals surface area contributed by atoms with Gasteiger partial charge in [-0.15, -0.1) is 0 Å². The van der Waals surface area contributed by atoms with Crippen LogP contribution in [0.25, 0.3) is 0 Å². The summed E-state index contributed by atoms with van der Waals surface area (Å²) in [4.78, 5) is 7.19. The Hall–Kier alpha value is -1.05. The van der Waals surface area contributed by atoms with E-state index in [1.54, 1.807) is 0 Å². The maximum absolute atomic E-state index is 4.15. The summed E-state index contributed by atoms with van der Waals surface area (Å²) in [5, 5.41) is 0. The van der Waals surface area contributed by atoms with E-state index in [1.807, 2.05) is 18.6 Å². The van der Waals surface area contributed by atoms with Crippen molar-refractivity contribution >= 4 is 6.21 Å². The lowest BCUT2D eigenvalue weighted by atomic mass is 10.1. The van der Waals surface area contributed by atoms with Crippen LogP contribution < -0.4 is 0 Å². The predicted octanol–water partition coefficient (Wildman–Crippen LogP) is 0.990. The summed E-state index contributed by atoms with van der Waals surface area (Å²) >= 11 is 0. The minimum absolute atomic E-state index is 0.949. The molecule has 0 spiro atoms. The van der Waals surface area contributed by atoms with E-state index in [0.29, 0.717) is 0 Å². The highest BCUT2D eigenvalue weighted by Gasteiger charge is 2.03. The molecule has 0 fully saturated rings. The Morgan fingerprint density at radius 2 is 2.44 bits per heavy atom. The Labute approximate surface area is 53.6 Å². The molecule has 1 aromatic rings. The number of aromatic amines is 1. The third-order valence-electron chi connectivity index (χ3n) is 1.61. The van der Waals surface area contributed by atoms with Crippen LogP contribution in [-0.4, -0.2) is 17.7 Å². The molecule has 9 heavy (non-hydrogen) atoms. The topological polar surface area (TPSA) is 28.1 Å². The molecular weight excluding hydrogens is 112 g/mol. The Morgan fingerprint density at radius 1 is 1.44 bits per heavy atom. The fraction of sp³-hybridized carbons (Fsp3) is 0.286. The van der Waals surface area contributed by atoms with E-state index in [4.69, 9.17) is 0 Å². The summed E-state index contributed by atoms with van der Waals surface area (Å²) in [6, 6.07) is 0. The van der Waals surface area contributed by atoms with Crippen LogP contribution in [0, 0.1) is 0 Å². The number of aliphatic imine (C=N–C) groups is 1. The molecule has 1 aliphatic rings. The van der Waals surface area contributed by atoms with Crippen LogP contribution in [0.3, 0.4) is 0 Å². The molecular formula is C7H8N2. The third-order valence-corrected chi connectivity index (χ3v) is 1.61. The second kappa shape index (κ2) is 1.72. The molecule has 2 rings (SSSR count). The van der Waals surface area contributed by atoms with Crippen molar-refractivity contribution in [3.63, 3.8) is 0 Å². The third kappa shape index (κ3) is 0.669. The highest BCUT2D eigenvalue weighted by atomic mass is 14.7. The Kier molecular flexibility index (Phi) is 0.918. The van der Waals surface area contributed by atoms with Crippen molar-refractivity contribution in [2.75, 3.05) is 6.54 Å². The first-order valence-electron chi connectivity index (χ1n) is 3.12. The maximum atomic E-state index is 4.15. The smallest absolute Gasteiger partial charge is 0.0430 e. The summed E-state index contributed by atoms with van der Waals surface area (Å²) in [5.41, 5.74) is 2.64. The first-order chi connectivity index (χ1) is 4.47. The number of hydrogen-bond acceptors (Lipinski definition) is 1. The Balaban J connectivity index is 2.53. The molecule has 0 saturated heterocycles. The van der Waals surface area contributed by atoms with Gasteiger partial charge in [0.05, 0.1) is 0 Å². The van der Waals surface area contributed by atoms with Gasteiger partial charge < -0.3 is 4.98 Å². The van der Waals surface area contributed by atoms with Crippen molar-refractivity contribution in [1.29, 1.82) is 0 Å². The zero-order chi connectivity index (χ0) is 6.10. The SMILES string of the molecule is C1=NCCc2c[nH]cc21. The van der Waals surface area contributed by atoms with Gasteiger partial charge in [0.25, 0.3) is 0 Å². The lowest BCUT2D eigenvalue weighted by Crippen LogP contribution is -1.98. The van der Waals surface area contributed by atoms with Gasteiger partial charge in [0, 0.05) is 30.7 Å². The highest BCUT2D eigenvalue weighted by Crippen LogP contribution is 2.09. The molecule has 46 valence electrons. The fourth-order valence-electron chi connectivity index (χ4n) is 1.09. The van der Waals surface area contributed by atoms with E-state index in [-0.39, 0.29) is 0 Å². The zero-order valence-corrected chi connectivity index (χ0v) is 5.09. The van der Waals surface area contributed by atoms with E-state index >= 15 is 0 Å². The summed E-state index contributed by atoms with van der Waals surface area (Å²) < 4.78 is 0. The summed E-state index contributed by atoms with van der Waals surface area (Å²) in [6.07, 6.45) is 7.04.